The molecule has 34 heavy (non-hydrogen) atoms. The van der Waals surface area contributed by atoms with Crippen molar-refractivity contribution in [1.29, 1.82) is 0 Å². The second-order valence-electron chi connectivity index (χ2n) is 7.58. The molecule has 0 radical (unpaired) electrons. The Hall–Kier alpha value is -3.43. The van der Waals surface area contributed by atoms with Gasteiger partial charge in [-0.15, -0.1) is 0 Å². The Bertz CT molecular complexity index is 1280. The first-order chi connectivity index (χ1) is 16.4. The largest absolute Gasteiger partial charge is 0.550 e. The molecule has 1 aromatic heterocycles. The number of carboxylic acids is 1. The lowest BCUT2D eigenvalue weighted by molar-refractivity contribution is -0.305. The molecule has 1 aliphatic rings. The highest BCUT2D eigenvalue weighted by atomic mass is 32.2. The minimum absolute atomic E-state index is 0.0154. The van der Waals surface area contributed by atoms with E-state index in [-0.39, 0.29) is 18.9 Å². The molecule has 2 heterocycles. The van der Waals surface area contributed by atoms with Crippen LogP contribution in [0, 0.1) is 6.92 Å². The fourth-order valence-corrected chi connectivity index (χ4v) is 4.91. The van der Waals surface area contributed by atoms with Crippen molar-refractivity contribution >= 4 is 46.3 Å². The van der Waals surface area contributed by atoms with Gasteiger partial charge in [-0.1, -0.05) is 42.2 Å². The maximum Gasteiger partial charge on any atom is 0.266 e. The molecule has 0 N–H and O–H groups in total. The first-order valence-electron chi connectivity index (χ1n) is 10.7. The molecule has 0 spiro atoms. The van der Waals surface area contributed by atoms with Crippen LogP contribution in [0.2, 0.25) is 0 Å². The Morgan fingerprint density at radius 3 is 2.68 bits per heavy atom. The lowest BCUT2D eigenvalue weighted by Gasteiger charge is -2.14. The number of thioether (sulfide) groups is 1. The summed E-state index contributed by atoms with van der Waals surface area (Å²) < 4.78 is 7.71. The molecular formula is C25H22N3O4S2-. The van der Waals surface area contributed by atoms with E-state index in [1.165, 1.54) is 4.90 Å². The second-order valence-corrected chi connectivity index (χ2v) is 9.25. The highest BCUT2D eigenvalue weighted by molar-refractivity contribution is 8.26. The number of rotatable bonds is 8. The normalized spacial score (nSPS) is 14.8. The van der Waals surface area contributed by atoms with Gasteiger partial charge in [0.15, 0.2) is 0 Å². The van der Waals surface area contributed by atoms with Gasteiger partial charge in [-0.05, 0) is 55.8 Å². The Balaban J connectivity index is 1.76. The molecule has 2 aromatic carbocycles. The van der Waals surface area contributed by atoms with Gasteiger partial charge in [-0.25, -0.2) is 4.68 Å². The van der Waals surface area contributed by atoms with Crippen LogP contribution in [-0.2, 0) is 9.59 Å². The average Bonchev–Trinajstić information content (AvgIpc) is 3.34. The lowest BCUT2D eigenvalue weighted by Crippen LogP contribution is -2.33. The van der Waals surface area contributed by atoms with Gasteiger partial charge in [0, 0.05) is 36.3 Å². The number of carboxylic acid groups (broad SMARTS) is 1. The van der Waals surface area contributed by atoms with E-state index in [1.807, 2.05) is 68.6 Å². The predicted molar refractivity (Wildman–Crippen MR) is 134 cm³/mol. The number of carbonyl (C=O) groups is 2. The monoisotopic (exact) mass is 492 g/mol. The summed E-state index contributed by atoms with van der Waals surface area (Å²) in [6.07, 6.45) is 3.35. The van der Waals surface area contributed by atoms with E-state index < -0.39 is 5.97 Å². The summed E-state index contributed by atoms with van der Waals surface area (Å²) in [6, 6.07) is 15.5. The standard InChI is InChI=1S/C25H23N3O4S2/c1-3-32-19-9-10-20(16(2)13-19)23-17(15-28(26-23)18-7-5-4-6-8-18)14-21-24(31)27(25(33)34-21)12-11-22(29)30/h4-10,13-15H,3,11-12H2,1-2H3,(H,29,30)/p-1/b21-14-. The molecule has 0 aliphatic carbocycles. The smallest absolute Gasteiger partial charge is 0.266 e. The van der Waals surface area contributed by atoms with Crippen LogP contribution in [0.3, 0.4) is 0 Å². The fourth-order valence-electron chi connectivity index (χ4n) is 3.61. The van der Waals surface area contributed by atoms with Gasteiger partial charge < -0.3 is 14.6 Å². The summed E-state index contributed by atoms with van der Waals surface area (Å²) in [6.45, 7) is 4.49. The number of aromatic nitrogens is 2. The third kappa shape index (κ3) is 5.05. The molecule has 0 atom stereocenters. The number of ether oxygens (including phenoxy) is 1. The predicted octanol–water partition coefficient (Wildman–Crippen LogP) is 3.59. The maximum atomic E-state index is 12.9. The SMILES string of the molecule is CCOc1ccc(-c2nn(-c3ccccc3)cc2/C=C2\SC(=S)N(CCC(=O)[O-])C2=O)c(C)c1. The van der Waals surface area contributed by atoms with Gasteiger partial charge in [0.2, 0.25) is 0 Å². The molecule has 1 aliphatic heterocycles. The highest BCUT2D eigenvalue weighted by Gasteiger charge is 2.32. The number of benzene rings is 2. The Labute approximate surface area is 207 Å². The lowest BCUT2D eigenvalue weighted by atomic mass is 10.0. The summed E-state index contributed by atoms with van der Waals surface area (Å²) in [5, 5.41) is 15.7. The number of hydrogen-bond donors (Lipinski definition) is 0. The van der Waals surface area contributed by atoms with Crippen LogP contribution >= 0.6 is 24.0 Å². The molecule has 1 fully saturated rings. The number of thiocarbonyl (C=S) groups is 1. The van der Waals surface area contributed by atoms with Gasteiger partial charge in [-0.3, -0.25) is 9.69 Å². The van der Waals surface area contributed by atoms with Crippen molar-refractivity contribution in [2.45, 2.75) is 20.3 Å². The van der Waals surface area contributed by atoms with Crippen LogP contribution in [0.4, 0.5) is 0 Å². The van der Waals surface area contributed by atoms with E-state index in [4.69, 9.17) is 22.1 Å². The second kappa shape index (κ2) is 10.2. The van der Waals surface area contributed by atoms with E-state index in [0.29, 0.717) is 21.5 Å². The number of para-hydroxylation sites is 1. The van der Waals surface area contributed by atoms with Crippen molar-refractivity contribution in [3.05, 3.63) is 70.8 Å². The van der Waals surface area contributed by atoms with Crippen molar-refractivity contribution in [1.82, 2.24) is 14.7 Å². The highest BCUT2D eigenvalue weighted by Crippen LogP contribution is 2.36. The zero-order valence-corrected chi connectivity index (χ0v) is 20.3. The van der Waals surface area contributed by atoms with E-state index in [1.54, 1.807) is 10.8 Å². The van der Waals surface area contributed by atoms with Crippen LogP contribution in [0.5, 0.6) is 5.75 Å². The average molecular weight is 493 g/mol. The molecule has 3 aromatic rings. The molecule has 0 bridgehead atoms. The summed E-state index contributed by atoms with van der Waals surface area (Å²) >= 11 is 6.46. The summed E-state index contributed by atoms with van der Waals surface area (Å²) in [7, 11) is 0. The van der Waals surface area contributed by atoms with Crippen molar-refractivity contribution in [2.75, 3.05) is 13.2 Å². The van der Waals surface area contributed by atoms with E-state index in [2.05, 4.69) is 0 Å². The number of carbonyl (C=O) groups excluding carboxylic acids is 2. The van der Waals surface area contributed by atoms with Crippen LogP contribution < -0.4 is 9.84 Å². The van der Waals surface area contributed by atoms with E-state index in [9.17, 15) is 14.7 Å². The molecular weight excluding hydrogens is 470 g/mol. The molecule has 7 nitrogen and oxygen atoms in total. The number of aryl methyl sites for hydroxylation is 1. The number of aliphatic carboxylic acids is 1. The van der Waals surface area contributed by atoms with Gasteiger partial charge in [0.05, 0.1) is 17.2 Å². The molecule has 0 unspecified atom stereocenters. The van der Waals surface area contributed by atoms with Crippen LogP contribution in [-0.4, -0.2) is 44.0 Å². The first-order valence-corrected chi connectivity index (χ1v) is 11.9. The molecule has 4 rings (SSSR count). The van der Waals surface area contributed by atoms with Crippen molar-refractivity contribution in [3.63, 3.8) is 0 Å². The number of amides is 1. The molecule has 0 saturated carbocycles. The van der Waals surface area contributed by atoms with Crippen molar-refractivity contribution < 1.29 is 19.4 Å². The van der Waals surface area contributed by atoms with Gasteiger partial charge >= 0.3 is 0 Å². The van der Waals surface area contributed by atoms with Gasteiger partial charge in [0.1, 0.15) is 15.8 Å². The maximum absolute atomic E-state index is 12.9. The minimum Gasteiger partial charge on any atom is -0.550 e. The third-order valence-corrected chi connectivity index (χ3v) is 6.60. The van der Waals surface area contributed by atoms with Crippen molar-refractivity contribution in [3.8, 4) is 22.7 Å². The fraction of sp³-hybridized carbons (Fsp3) is 0.200. The molecule has 1 amide bonds. The van der Waals surface area contributed by atoms with Gasteiger partial charge in [-0.2, -0.15) is 5.10 Å². The van der Waals surface area contributed by atoms with Crippen molar-refractivity contribution in [2.24, 2.45) is 0 Å². The van der Waals surface area contributed by atoms with Crippen LogP contribution in [0.15, 0.2) is 59.6 Å². The summed E-state index contributed by atoms with van der Waals surface area (Å²) in [5.74, 6) is -0.768. The Morgan fingerprint density at radius 2 is 2.00 bits per heavy atom. The molecule has 1 saturated heterocycles. The summed E-state index contributed by atoms with van der Waals surface area (Å²) in [5.41, 5.74) is 4.24. The Morgan fingerprint density at radius 1 is 1.24 bits per heavy atom. The van der Waals surface area contributed by atoms with Gasteiger partial charge in [0.25, 0.3) is 5.91 Å². The van der Waals surface area contributed by atoms with Crippen LogP contribution in [0.25, 0.3) is 23.0 Å². The number of nitrogens with zero attached hydrogens (tertiary/aromatic N) is 3. The van der Waals surface area contributed by atoms with E-state index in [0.717, 1.165) is 39.9 Å². The van der Waals surface area contributed by atoms with Crippen LogP contribution in [0.1, 0.15) is 24.5 Å². The third-order valence-electron chi connectivity index (χ3n) is 5.23. The zero-order valence-electron chi connectivity index (χ0n) is 18.7. The topological polar surface area (TPSA) is 87.5 Å². The Kier molecular flexibility index (Phi) is 7.14. The first kappa shape index (κ1) is 23.7. The zero-order chi connectivity index (χ0) is 24.2. The van der Waals surface area contributed by atoms with E-state index >= 15 is 0 Å². The molecule has 174 valence electrons. The number of hydrogen-bond acceptors (Lipinski definition) is 7. The molecule has 9 heteroatoms. The minimum atomic E-state index is -1.23. The quantitative estimate of drug-likeness (QED) is 0.351. The summed E-state index contributed by atoms with van der Waals surface area (Å²) in [4.78, 5) is 25.5.